The number of aromatic nitrogens is 2. The smallest absolute Gasteiger partial charge is 0.293 e. The molecule has 0 aliphatic heterocycles. The highest BCUT2D eigenvalue weighted by atomic mass is 32.2. The molecule has 0 saturated heterocycles. The normalized spacial score (nSPS) is 10.9. The van der Waals surface area contributed by atoms with Gasteiger partial charge in [0.15, 0.2) is 5.16 Å². The Morgan fingerprint density at radius 2 is 2.11 bits per heavy atom. The monoisotopic (exact) mass is 400 g/mol. The van der Waals surface area contributed by atoms with Crippen LogP contribution in [-0.2, 0) is 16.1 Å². The van der Waals surface area contributed by atoms with Crippen molar-refractivity contribution in [3.63, 3.8) is 0 Å². The summed E-state index contributed by atoms with van der Waals surface area (Å²) in [6.07, 6.45) is 0. The van der Waals surface area contributed by atoms with Crippen molar-refractivity contribution < 1.29 is 14.5 Å². The zero-order valence-electron chi connectivity index (χ0n) is 15.5. The van der Waals surface area contributed by atoms with Crippen LogP contribution in [0.1, 0.15) is 5.56 Å². The molecule has 0 fully saturated rings. The highest BCUT2D eigenvalue weighted by Gasteiger charge is 2.17. The molecule has 1 aromatic heterocycles. The maximum Gasteiger partial charge on any atom is 0.293 e. The van der Waals surface area contributed by atoms with E-state index in [1.165, 1.54) is 17.8 Å². The fraction of sp³-hybridized carbons (Fsp3) is 0.263. The van der Waals surface area contributed by atoms with Crippen LogP contribution >= 0.6 is 11.8 Å². The molecule has 2 aromatic carbocycles. The number of amides is 1. The Morgan fingerprint density at radius 3 is 2.86 bits per heavy atom. The molecule has 0 aliphatic rings. The summed E-state index contributed by atoms with van der Waals surface area (Å²) in [5, 5.41) is 14.5. The molecule has 1 N–H and O–H groups in total. The van der Waals surface area contributed by atoms with Crippen LogP contribution in [-0.4, -0.2) is 39.9 Å². The van der Waals surface area contributed by atoms with E-state index in [2.05, 4.69) is 10.3 Å². The molecule has 28 heavy (non-hydrogen) atoms. The molecule has 0 spiro atoms. The number of nitro groups is 1. The SMILES string of the molecule is COCCn1c(SCC(=O)Nc2ccc(C)cc2[N+](=O)[O-])nc2ccccc21. The lowest BCUT2D eigenvalue weighted by Crippen LogP contribution is -2.16. The van der Waals surface area contributed by atoms with Crippen LogP contribution < -0.4 is 5.32 Å². The van der Waals surface area contributed by atoms with Crippen molar-refractivity contribution in [1.82, 2.24) is 9.55 Å². The number of aryl methyl sites for hydroxylation is 1. The molecule has 0 radical (unpaired) electrons. The summed E-state index contributed by atoms with van der Waals surface area (Å²) in [6, 6.07) is 12.4. The van der Waals surface area contributed by atoms with Gasteiger partial charge in [-0.1, -0.05) is 30.0 Å². The lowest BCUT2D eigenvalue weighted by molar-refractivity contribution is -0.384. The number of para-hydroxylation sites is 2. The Balaban J connectivity index is 1.74. The number of rotatable bonds is 8. The van der Waals surface area contributed by atoms with Gasteiger partial charge in [-0.05, 0) is 30.7 Å². The molecule has 3 rings (SSSR count). The second kappa shape index (κ2) is 8.85. The summed E-state index contributed by atoms with van der Waals surface area (Å²) < 4.78 is 7.17. The first-order valence-electron chi connectivity index (χ1n) is 8.61. The van der Waals surface area contributed by atoms with Gasteiger partial charge in [0, 0.05) is 19.7 Å². The average Bonchev–Trinajstić information content (AvgIpc) is 3.03. The van der Waals surface area contributed by atoms with E-state index in [1.807, 2.05) is 28.8 Å². The number of nitrogens with one attached hydrogen (secondary N) is 1. The van der Waals surface area contributed by atoms with Gasteiger partial charge in [0.2, 0.25) is 5.91 Å². The number of benzene rings is 2. The van der Waals surface area contributed by atoms with Gasteiger partial charge >= 0.3 is 0 Å². The first-order valence-corrected chi connectivity index (χ1v) is 9.60. The standard InChI is InChI=1S/C19H20N4O4S/c1-13-7-8-15(17(11-13)23(25)26)20-18(24)12-28-19-21-14-5-3-4-6-16(14)22(19)9-10-27-2/h3-8,11H,9-10,12H2,1-2H3,(H,20,24). The molecule has 9 heteroatoms. The first kappa shape index (κ1) is 19.8. The van der Waals surface area contributed by atoms with Crippen molar-refractivity contribution >= 4 is 40.1 Å². The maximum atomic E-state index is 12.4. The zero-order chi connectivity index (χ0) is 20.1. The summed E-state index contributed by atoms with van der Waals surface area (Å²) in [5.41, 5.74) is 2.64. The number of methoxy groups -OCH3 is 1. The number of nitro benzene ring substituents is 1. The number of nitrogens with zero attached hydrogens (tertiary/aromatic N) is 3. The van der Waals surface area contributed by atoms with E-state index in [-0.39, 0.29) is 23.0 Å². The number of thioether (sulfide) groups is 1. The van der Waals surface area contributed by atoms with E-state index >= 15 is 0 Å². The van der Waals surface area contributed by atoms with Crippen molar-refractivity contribution in [3.05, 3.63) is 58.1 Å². The van der Waals surface area contributed by atoms with Gasteiger partial charge < -0.3 is 14.6 Å². The van der Waals surface area contributed by atoms with Crippen LogP contribution in [0.3, 0.4) is 0 Å². The van der Waals surface area contributed by atoms with E-state index in [9.17, 15) is 14.9 Å². The third-order valence-electron chi connectivity index (χ3n) is 4.09. The van der Waals surface area contributed by atoms with Gasteiger partial charge in [0.1, 0.15) is 5.69 Å². The highest BCUT2D eigenvalue weighted by molar-refractivity contribution is 7.99. The number of carbonyl (C=O) groups excluding carboxylic acids is 1. The van der Waals surface area contributed by atoms with Crippen LogP contribution in [0.2, 0.25) is 0 Å². The Hall–Kier alpha value is -2.91. The number of anilines is 1. The van der Waals surface area contributed by atoms with Gasteiger partial charge in [0.05, 0.1) is 28.3 Å². The fourth-order valence-corrected chi connectivity index (χ4v) is 3.62. The van der Waals surface area contributed by atoms with E-state index in [4.69, 9.17) is 4.74 Å². The molecule has 1 amide bonds. The molecule has 0 bridgehead atoms. The molecule has 1 heterocycles. The van der Waals surface area contributed by atoms with Gasteiger partial charge in [-0.15, -0.1) is 0 Å². The van der Waals surface area contributed by atoms with Gasteiger partial charge in [-0.25, -0.2) is 4.98 Å². The number of hydrogen-bond donors (Lipinski definition) is 1. The van der Waals surface area contributed by atoms with E-state index < -0.39 is 4.92 Å². The van der Waals surface area contributed by atoms with Crippen LogP contribution in [0, 0.1) is 17.0 Å². The molecule has 0 unspecified atom stereocenters. The number of ether oxygens (including phenoxy) is 1. The number of fused-ring (bicyclic) bond motifs is 1. The molecule has 3 aromatic rings. The van der Waals surface area contributed by atoms with E-state index in [1.54, 1.807) is 26.2 Å². The summed E-state index contributed by atoms with van der Waals surface area (Å²) in [4.78, 5) is 27.7. The Bertz CT molecular complexity index is 1020. The van der Waals surface area contributed by atoms with Gasteiger partial charge in [-0.3, -0.25) is 14.9 Å². The van der Waals surface area contributed by atoms with Crippen LogP contribution in [0.5, 0.6) is 0 Å². The minimum atomic E-state index is -0.500. The third-order valence-corrected chi connectivity index (χ3v) is 5.07. The van der Waals surface area contributed by atoms with Crippen molar-refractivity contribution in [2.75, 3.05) is 24.8 Å². The van der Waals surface area contributed by atoms with E-state index in [0.29, 0.717) is 18.3 Å². The topological polar surface area (TPSA) is 99.3 Å². The summed E-state index contributed by atoms with van der Waals surface area (Å²) in [6.45, 7) is 2.90. The van der Waals surface area contributed by atoms with Gasteiger partial charge in [-0.2, -0.15) is 0 Å². The Labute approximate surface area is 166 Å². The largest absolute Gasteiger partial charge is 0.383 e. The highest BCUT2D eigenvalue weighted by Crippen LogP contribution is 2.27. The molecular formula is C19H20N4O4S. The van der Waals surface area contributed by atoms with Crippen molar-refractivity contribution in [3.8, 4) is 0 Å². The maximum absolute atomic E-state index is 12.4. The second-order valence-corrected chi connectivity index (χ2v) is 7.08. The molecular weight excluding hydrogens is 380 g/mol. The van der Waals surface area contributed by atoms with Crippen molar-refractivity contribution in [2.45, 2.75) is 18.6 Å². The fourth-order valence-electron chi connectivity index (χ4n) is 2.78. The predicted molar refractivity (Wildman–Crippen MR) is 109 cm³/mol. The average molecular weight is 400 g/mol. The minimum absolute atomic E-state index is 0.0847. The number of carbonyl (C=O) groups is 1. The minimum Gasteiger partial charge on any atom is -0.383 e. The lowest BCUT2D eigenvalue weighted by Gasteiger charge is -2.09. The van der Waals surface area contributed by atoms with Crippen LogP contribution in [0.25, 0.3) is 11.0 Å². The Kier molecular flexibility index (Phi) is 6.27. The molecule has 0 saturated carbocycles. The predicted octanol–water partition coefficient (Wildman–Crippen LogP) is 3.63. The molecule has 8 nitrogen and oxygen atoms in total. The zero-order valence-corrected chi connectivity index (χ0v) is 16.4. The van der Waals surface area contributed by atoms with Crippen molar-refractivity contribution in [1.29, 1.82) is 0 Å². The van der Waals surface area contributed by atoms with Crippen LogP contribution in [0.15, 0.2) is 47.6 Å². The third kappa shape index (κ3) is 4.49. The number of hydrogen-bond acceptors (Lipinski definition) is 6. The Morgan fingerprint density at radius 1 is 1.32 bits per heavy atom. The number of imidazole rings is 1. The summed E-state index contributed by atoms with van der Waals surface area (Å²) in [7, 11) is 1.63. The molecule has 146 valence electrons. The van der Waals surface area contributed by atoms with Crippen molar-refractivity contribution in [2.24, 2.45) is 0 Å². The lowest BCUT2D eigenvalue weighted by atomic mass is 10.2. The first-order chi connectivity index (χ1) is 13.5. The summed E-state index contributed by atoms with van der Waals surface area (Å²) in [5.74, 6) is -0.247. The van der Waals surface area contributed by atoms with Gasteiger partial charge in [0.25, 0.3) is 5.69 Å². The molecule has 0 aliphatic carbocycles. The van der Waals surface area contributed by atoms with E-state index in [0.717, 1.165) is 16.6 Å². The molecule has 0 atom stereocenters. The summed E-state index contributed by atoms with van der Waals surface area (Å²) >= 11 is 1.28. The second-order valence-electron chi connectivity index (χ2n) is 6.14. The van der Waals surface area contributed by atoms with Crippen LogP contribution in [0.4, 0.5) is 11.4 Å². The quantitative estimate of drug-likeness (QED) is 0.352.